The number of ketones is 1. The molecule has 36 heavy (non-hydrogen) atoms. The molecule has 0 radical (unpaired) electrons. The summed E-state index contributed by atoms with van der Waals surface area (Å²) >= 11 is 0. The number of oxime groups is 1. The summed E-state index contributed by atoms with van der Waals surface area (Å²) in [6.45, 7) is 6.59. The summed E-state index contributed by atoms with van der Waals surface area (Å²) < 4.78 is 0. The van der Waals surface area contributed by atoms with Gasteiger partial charge in [0.25, 0.3) is 5.91 Å². The normalized spacial score (nSPS) is 38.5. The Hall–Kier alpha value is -2.48. The zero-order valence-corrected chi connectivity index (χ0v) is 21.8. The van der Waals surface area contributed by atoms with Gasteiger partial charge in [0, 0.05) is 30.3 Å². The van der Waals surface area contributed by atoms with Gasteiger partial charge in [0.05, 0.1) is 12.0 Å². The molecule has 3 N–H and O–H groups in total. The number of nitrogens with one attached hydrogen (secondary N) is 2. The lowest BCUT2D eigenvalue weighted by atomic mass is 9.46. The molecular formula is C28H40N4O4. The average Bonchev–Trinajstić information content (AvgIpc) is 3.46. The van der Waals surface area contributed by atoms with Crippen molar-refractivity contribution < 1.29 is 19.5 Å². The molecule has 0 saturated heterocycles. The van der Waals surface area contributed by atoms with E-state index in [4.69, 9.17) is 4.84 Å². The number of hydrogen-bond acceptors (Lipinski definition) is 6. The zero-order chi connectivity index (χ0) is 25.6. The fourth-order valence-electron chi connectivity index (χ4n) is 8.22. The van der Waals surface area contributed by atoms with Crippen molar-refractivity contribution in [1.29, 1.82) is 0 Å². The molecule has 0 spiro atoms. The van der Waals surface area contributed by atoms with Crippen LogP contribution in [0.2, 0.25) is 0 Å². The topological polar surface area (TPSA) is 117 Å². The van der Waals surface area contributed by atoms with Crippen LogP contribution >= 0.6 is 0 Å². The number of carbonyl (C=O) groups is 2. The van der Waals surface area contributed by atoms with Gasteiger partial charge in [0.15, 0.2) is 12.4 Å². The zero-order valence-electron chi connectivity index (χ0n) is 21.8. The smallest absolute Gasteiger partial charge is 0.260 e. The maximum absolute atomic E-state index is 12.4. The first kappa shape index (κ1) is 25.2. The van der Waals surface area contributed by atoms with E-state index in [1.807, 2.05) is 0 Å². The van der Waals surface area contributed by atoms with Gasteiger partial charge in [-0.2, -0.15) is 0 Å². The van der Waals surface area contributed by atoms with Gasteiger partial charge in [0.2, 0.25) is 0 Å². The highest BCUT2D eigenvalue weighted by Gasteiger charge is 2.65. The average molecular weight is 497 g/mol. The van der Waals surface area contributed by atoms with Crippen LogP contribution in [0.3, 0.4) is 0 Å². The number of hydrogen-bond donors (Lipinski definition) is 3. The van der Waals surface area contributed by atoms with E-state index in [1.54, 1.807) is 19.4 Å². The van der Waals surface area contributed by atoms with Crippen LogP contribution in [-0.2, 0) is 20.8 Å². The minimum Gasteiger partial charge on any atom is -0.385 e. The number of amides is 1. The van der Waals surface area contributed by atoms with Crippen molar-refractivity contribution in [2.75, 3.05) is 13.2 Å². The van der Waals surface area contributed by atoms with Gasteiger partial charge in [-0.05, 0) is 87.5 Å². The molecule has 8 nitrogen and oxygen atoms in total. The molecule has 196 valence electrons. The molecule has 3 fully saturated rings. The number of H-pyrrole nitrogens is 1. The van der Waals surface area contributed by atoms with Crippen molar-refractivity contribution in [3.63, 3.8) is 0 Å². The predicted molar refractivity (Wildman–Crippen MR) is 136 cm³/mol. The fourth-order valence-corrected chi connectivity index (χ4v) is 8.22. The van der Waals surface area contributed by atoms with Gasteiger partial charge in [-0.25, -0.2) is 4.98 Å². The molecule has 3 saturated carbocycles. The van der Waals surface area contributed by atoms with Gasteiger partial charge >= 0.3 is 0 Å². The van der Waals surface area contributed by atoms with E-state index in [2.05, 4.69) is 40.4 Å². The van der Waals surface area contributed by atoms with E-state index in [-0.39, 0.29) is 29.1 Å². The first-order valence-corrected chi connectivity index (χ1v) is 13.5. The highest BCUT2D eigenvalue weighted by Crippen LogP contribution is 2.67. The Kier molecular flexibility index (Phi) is 6.60. The van der Waals surface area contributed by atoms with E-state index in [9.17, 15) is 14.7 Å². The number of Topliss-reactive ketones (excluding diaryl/α,β-unsaturated/α-hetero) is 1. The molecule has 8 heteroatoms. The van der Waals surface area contributed by atoms with Gasteiger partial charge in [-0.15, -0.1) is 0 Å². The Labute approximate surface area is 213 Å². The third kappa shape index (κ3) is 4.11. The first-order chi connectivity index (χ1) is 17.2. The van der Waals surface area contributed by atoms with E-state index >= 15 is 0 Å². The maximum Gasteiger partial charge on any atom is 0.260 e. The number of fused-ring (bicyclic) bond motifs is 5. The molecule has 0 bridgehead atoms. The number of aromatic amines is 1. The van der Waals surface area contributed by atoms with Gasteiger partial charge in [-0.3, -0.25) is 9.59 Å². The lowest BCUT2D eigenvalue weighted by Gasteiger charge is -2.59. The summed E-state index contributed by atoms with van der Waals surface area (Å²) in [6.07, 6.45) is 13.8. The highest BCUT2D eigenvalue weighted by atomic mass is 16.6. The minimum atomic E-state index is -1.16. The lowest BCUT2D eigenvalue weighted by Crippen LogP contribution is -2.57. The van der Waals surface area contributed by atoms with E-state index < -0.39 is 5.60 Å². The molecule has 1 aromatic rings. The third-order valence-corrected chi connectivity index (χ3v) is 10.4. The van der Waals surface area contributed by atoms with Crippen LogP contribution < -0.4 is 5.32 Å². The number of allylic oxidation sites excluding steroid dienone is 2. The molecule has 0 aliphatic heterocycles. The maximum atomic E-state index is 12.4. The van der Waals surface area contributed by atoms with E-state index in [0.29, 0.717) is 37.1 Å². The van der Waals surface area contributed by atoms with Crippen molar-refractivity contribution in [3.05, 3.63) is 29.9 Å². The van der Waals surface area contributed by atoms with Crippen molar-refractivity contribution in [2.24, 2.45) is 33.7 Å². The minimum absolute atomic E-state index is 0.0569. The van der Waals surface area contributed by atoms with Crippen LogP contribution in [0.4, 0.5) is 0 Å². The molecule has 6 atom stereocenters. The third-order valence-electron chi connectivity index (χ3n) is 10.4. The van der Waals surface area contributed by atoms with E-state index in [1.165, 1.54) is 5.57 Å². The largest absolute Gasteiger partial charge is 0.385 e. The Bertz CT molecular complexity index is 1070. The summed E-state index contributed by atoms with van der Waals surface area (Å²) in [6, 6.07) is 0. The number of carbonyl (C=O) groups excluding carboxylic acids is 2. The van der Waals surface area contributed by atoms with E-state index in [0.717, 1.165) is 56.4 Å². The van der Waals surface area contributed by atoms with Crippen LogP contribution in [0.25, 0.3) is 0 Å². The molecule has 4 aliphatic carbocycles. The van der Waals surface area contributed by atoms with Crippen LogP contribution in [0.15, 0.2) is 29.3 Å². The Balaban J connectivity index is 1.19. The number of rotatable bonds is 7. The second-order valence-corrected chi connectivity index (χ2v) is 11.9. The quantitative estimate of drug-likeness (QED) is 0.498. The summed E-state index contributed by atoms with van der Waals surface area (Å²) in [5, 5.41) is 18.5. The summed E-state index contributed by atoms with van der Waals surface area (Å²) in [4.78, 5) is 36.9. The Morgan fingerprint density at radius 1 is 1.19 bits per heavy atom. The molecule has 5 rings (SSSR count). The van der Waals surface area contributed by atoms with Crippen LogP contribution in [0, 0.1) is 28.6 Å². The molecule has 1 heterocycles. The van der Waals surface area contributed by atoms with Crippen molar-refractivity contribution in [3.8, 4) is 0 Å². The van der Waals surface area contributed by atoms with Crippen molar-refractivity contribution >= 4 is 17.4 Å². The Morgan fingerprint density at radius 3 is 2.75 bits per heavy atom. The molecular weight excluding hydrogens is 456 g/mol. The SMILES string of the molecule is CC(=O)[C@]1(O)CC[C@@H]2[C@H]3CCC4=C/C(=N/OCC(=O)NCCc5cnc[nH]5)CC[C@@]4(C)[C@@H]3CC[C@@]21C. The second-order valence-electron chi connectivity index (χ2n) is 11.9. The van der Waals surface area contributed by atoms with Crippen molar-refractivity contribution in [1.82, 2.24) is 15.3 Å². The number of nitrogens with zero attached hydrogens (tertiary/aromatic N) is 2. The first-order valence-electron chi connectivity index (χ1n) is 13.5. The fraction of sp³-hybridized carbons (Fsp3) is 0.714. The highest BCUT2D eigenvalue weighted by molar-refractivity contribution is 5.96. The molecule has 1 aromatic heterocycles. The molecule has 0 unspecified atom stereocenters. The monoisotopic (exact) mass is 496 g/mol. The lowest BCUT2D eigenvalue weighted by molar-refractivity contribution is -0.159. The van der Waals surface area contributed by atoms with Crippen LogP contribution in [-0.4, -0.2) is 51.2 Å². The van der Waals surface area contributed by atoms with Gasteiger partial charge in [-0.1, -0.05) is 24.6 Å². The molecule has 1 amide bonds. The number of imidazole rings is 1. The van der Waals surface area contributed by atoms with Crippen molar-refractivity contribution in [2.45, 2.75) is 84.2 Å². The summed E-state index contributed by atoms with van der Waals surface area (Å²) in [7, 11) is 0. The van der Waals surface area contributed by atoms with Crippen LogP contribution in [0.1, 0.15) is 77.8 Å². The molecule has 0 aromatic carbocycles. The van der Waals surface area contributed by atoms with Crippen LogP contribution in [0.5, 0.6) is 0 Å². The Morgan fingerprint density at radius 2 is 2.00 bits per heavy atom. The standard InChI is InChI=1S/C28H40N4O4/c1-18(33)28(35)12-8-24-22-5-4-19-14-20(6-10-26(19,2)23(22)7-11-27(24,28)3)32-36-16-25(34)30-13-9-21-15-29-17-31-21/h14-15,17,22-24,35H,4-13,16H2,1-3H3,(H,29,31)(H,30,34)/b32-20+/t22-,23+,24+,26+,27-,28+/m0/s1. The number of aromatic nitrogens is 2. The molecule has 4 aliphatic rings. The summed E-state index contributed by atoms with van der Waals surface area (Å²) in [5.74, 6) is 1.31. The second kappa shape index (κ2) is 9.43. The van der Waals surface area contributed by atoms with Gasteiger partial charge < -0.3 is 20.2 Å². The van der Waals surface area contributed by atoms with Gasteiger partial charge in [0.1, 0.15) is 5.60 Å². The predicted octanol–water partition coefficient (Wildman–Crippen LogP) is 3.72. The number of aliphatic hydroxyl groups is 1. The summed E-state index contributed by atoms with van der Waals surface area (Å²) in [5.41, 5.74) is 2.02.